The third-order valence-corrected chi connectivity index (χ3v) is 6.40. The third-order valence-electron chi connectivity index (χ3n) is 4.18. The number of hydrogen-bond donors (Lipinski definition) is 1. The standard InChI is InChI=1S/C14H19NO5S2/c16-21-8-5-15(10-11-3-6-20-7-4-11)13-2-1-12(9-14(13)21)22(17,18)19/h1-2,9,11H,3-8,10H2,(H,17,18,19). The van der Waals surface area contributed by atoms with Gasteiger partial charge in [0, 0.05) is 32.1 Å². The average molecular weight is 345 g/mol. The van der Waals surface area contributed by atoms with Gasteiger partial charge in [-0.2, -0.15) is 8.42 Å². The first kappa shape index (κ1) is 15.9. The summed E-state index contributed by atoms with van der Waals surface area (Å²) in [5.74, 6) is 1.01. The van der Waals surface area contributed by atoms with E-state index in [1.54, 1.807) is 6.07 Å². The van der Waals surface area contributed by atoms with Crippen molar-refractivity contribution in [3.8, 4) is 0 Å². The van der Waals surface area contributed by atoms with Gasteiger partial charge in [-0.1, -0.05) is 0 Å². The minimum absolute atomic E-state index is 0.201. The average Bonchev–Trinajstić information content (AvgIpc) is 2.50. The van der Waals surface area contributed by atoms with E-state index in [9.17, 15) is 12.6 Å². The molecule has 2 heterocycles. The van der Waals surface area contributed by atoms with Crippen LogP contribution in [0, 0.1) is 5.92 Å². The van der Waals surface area contributed by atoms with Crippen LogP contribution in [0.15, 0.2) is 28.0 Å². The van der Waals surface area contributed by atoms with Crippen LogP contribution in [0.4, 0.5) is 5.69 Å². The molecule has 1 fully saturated rings. The first-order valence-corrected chi connectivity index (χ1v) is 10.0. The Hall–Kier alpha value is -0.960. The molecule has 0 amide bonds. The molecule has 0 radical (unpaired) electrons. The maximum absolute atomic E-state index is 12.2. The minimum Gasteiger partial charge on any atom is -0.381 e. The summed E-state index contributed by atoms with van der Waals surface area (Å²) >= 11 is 0. The van der Waals surface area contributed by atoms with Crippen LogP contribution in [0.2, 0.25) is 0 Å². The number of benzene rings is 1. The molecule has 1 atom stereocenters. The highest BCUT2D eigenvalue weighted by molar-refractivity contribution is 7.86. The SMILES string of the molecule is O=S1CCN(CC2CCOCC2)c2ccc(S(=O)(=O)O)cc21. The van der Waals surface area contributed by atoms with Crippen LogP contribution in [-0.4, -0.2) is 49.2 Å². The molecule has 1 aromatic carbocycles. The molecule has 1 N–H and O–H groups in total. The van der Waals surface area contributed by atoms with E-state index in [2.05, 4.69) is 4.90 Å². The fourth-order valence-electron chi connectivity index (χ4n) is 2.95. The predicted molar refractivity (Wildman–Crippen MR) is 83.3 cm³/mol. The lowest BCUT2D eigenvalue weighted by Crippen LogP contribution is -2.38. The largest absolute Gasteiger partial charge is 0.381 e. The Bertz CT molecular complexity index is 682. The first-order valence-electron chi connectivity index (χ1n) is 7.28. The van der Waals surface area contributed by atoms with E-state index in [1.165, 1.54) is 12.1 Å². The van der Waals surface area contributed by atoms with E-state index in [4.69, 9.17) is 9.29 Å². The molecule has 0 aromatic heterocycles. The molecule has 0 aliphatic carbocycles. The number of fused-ring (bicyclic) bond motifs is 1. The summed E-state index contributed by atoms with van der Waals surface area (Å²) in [6, 6.07) is 4.35. The van der Waals surface area contributed by atoms with E-state index in [1.807, 2.05) is 0 Å². The van der Waals surface area contributed by atoms with Gasteiger partial charge in [-0.25, -0.2) is 0 Å². The molecule has 0 spiro atoms. The smallest absolute Gasteiger partial charge is 0.294 e. The lowest BCUT2D eigenvalue weighted by atomic mass is 9.99. The number of anilines is 1. The Kier molecular flexibility index (Phi) is 4.54. The quantitative estimate of drug-likeness (QED) is 0.831. The van der Waals surface area contributed by atoms with Crippen LogP contribution < -0.4 is 4.90 Å². The normalized spacial score (nSPS) is 23.3. The molecule has 0 bridgehead atoms. The summed E-state index contributed by atoms with van der Waals surface area (Å²) < 4.78 is 49.2. The first-order chi connectivity index (χ1) is 10.4. The molecule has 8 heteroatoms. The molecule has 2 aliphatic rings. The van der Waals surface area contributed by atoms with Crippen LogP contribution in [0.1, 0.15) is 12.8 Å². The van der Waals surface area contributed by atoms with Crippen molar-refractivity contribution in [3.05, 3.63) is 18.2 Å². The Morgan fingerprint density at radius 2 is 2.05 bits per heavy atom. The van der Waals surface area contributed by atoms with E-state index >= 15 is 0 Å². The molecule has 22 heavy (non-hydrogen) atoms. The lowest BCUT2D eigenvalue weighted by Gasteiger charge is -2.35. The molecule has 1 aromatic rings. The van der Waals surface area contributed by atoms with Crippen molar-refractivity contribution in [2.45, 2.75) is 22.6 Å². The summed E-state index contributed by atoms with van der Waals surface area (Å²) in [5.41, 5.74) is 0.809. The van der Waals surface area contributed by atoms with Crippen LogP contribution in [0.3, 0.4) is 0 Å². The topological polar surface area (TPSA) is 83.9 Å². The number of nitrogens with zero attached hydrogens (tertiary/aromatic N) is 1. The van der Waals surface area contributed by atoms with Gasteiger partial charge >= 0.3 is 0 Å². The molecule has 122 valence electrons. The summed E-state index contributed by atoms with van der Waals surface area (Å²) in [6.45, 7) is 3.11. The highest BCUT2D eigenvalue weighted by Crippen LogP contribution is 2.32. The van der Waals surface area contributed by atoms with Crippen LogP contribution in [0.25, 0.3) is 0 Å². The number of rotatable bonds is 3. The maximum atomic E-state index is 12.2. The van der Waals surface area contributed by atoms with Gasteiger partial charge in [0.25, 0.3) is 10.1 Å². The summed E-state index contributed by atoms with van der Waals surface area (Å²) in [6.07, 6.45) is 2.02. The van der Waals surface area contributed by atoms with Crippen molar-refractivity contribution in [1.82, 2.24) is 0 Å². The van der Waals surface area contributed by atoms with E-state index in [-0.39, 0.29) is 4.90 Å². The van der Waals surface area contributed by atoms with Crippen molar-refractivity contribution in [2.24, 2.45) is 5.92 Å². The molecule has 1 unspecified atom stereocenters. The second kappa shape index (κ2) is 6.27. The van der Waals surface area contributed by atoms with E-state index in [0.717, 1.165) is 38.3 Å². The fourth-order valence-corrected chi connectivity index (χ4v) is 4.83. The fraction of sp³-hybridized carbons (Fsp3) is 0.571. The molecular formula is C14H19NO5S2. The van der Waals surface area contributed by atoms with Crippen molar-refractivity contribution in [3.63, 3.8) is 0 Å². The molecule has 2 aliphatic heterocycles. The Morgan fingerprint density at radius 1 is 1.32 bits per heavy atom. The molecule has 1 saturated heterocycles. The summed E-state index contributed by atoms with van der Waals surface area (Å²) in [7, 11) is -5.50. The van der Waals surface area contributed by atoms with Gasteiger partial charge in [0.15, 0.2) is 0 Å². The van der Waals surface area contributed by atoms with Gasteiger partial charge in [0.05, 0.1) is 26.3 Å². The highest BCUT2D eigenvalue weighted by Gasteiger charge is 2.26. The Balaban J connectivity index is 1.88. The van der Waals surface area contributed by atoms with Gasteiger partial charge in [0.2, 0.25) is 0 Å². The van der Waals surface area contributed by atoms with Crippen molar-refractivity contribution in [2.75, 3.05) is 37.0 Å². The van der Waals surface area contributed by atoms with Gasteiger partial charge in [0.1, 0.15) is 0 Å². The highest BCUT2D eigenvalue weighted by atomic mass is 32.2. The van der Waals surface area contributed by atoms with Crippen molar-refractivity contribution in [1.29, 1.82) is 0 Å². The monoisotopic (exact) mass is 345 g/mol. The number of ether oxygens (including phenoxy) is 1. The van der Waals surface area contributed by atoms with Gasteiger partial charge in [-0.15, -0.1) is 0 Å². The molecule has 6 nitrogen and oxygen atoms in total. The maximum Gasteiger partial charge on any atom is 0.294 e. The zero-order chi connectivity index (χ0) is 15.7. The van der Waals surface area contributed by atoms with Gasteiger partial charge < -0.3 is 9.64 Å². The summed E-state index contributed by atoms with van der Waals surface area (Å²) in [4.78, 5) is 2.46. The van der Waals surface area contributed by atoms with Crippen LogP contribution in [-0.2, 0) is 25.7 Å². The van der Waals surface area contributed by atoms with Crippen LogP contribution in [0.5, 0.6) is 0 Å². The zero-order valence-corrected chi connectivity index (χ0v) is 13.7. The summed E-state index contributed by atoms with van der Waals surface area (Å²) in [5, 5.41) is 0. The lowest BCUT2D eigenvalue weighted by molar-refractivity contribution is 0.0682. The second-order valence-electron chi connectivity index (χ2n) is 5.66. The molecular weight excluding hydrogens is 326 g/mol. The third kappa shape index (κ3) is 3.34. The Morgan fingerprint density at radius 3 is 2.73 bits per heavy atom. The minimum atomic E-state index is -4.27. The van der Waals surface area contributed by atoms with E-state index < -0.39 is 20.9 Å². The molecule has 0 saturated carbocycles. The molecule has 3 rings (SSSR count). The Labute approximate surface area is 132 Å². The number of hydrogen-bond acceptors (Lipinski definition) is 5. The van der Waals surface area contributed by atoms with E-state index in [0.29, 0.717) is 23.1 Å². The second-order valence-corrected chi connectivity index (χ2v) is 8.62. The predicted octanol–water partition coefficient (Wildman–Crippen LogP) is 1.29. The van der Waals surface area contributed by atoms with Gasteiger partial charge in [-0.3, -0.25) is 8.76 Å². The van der Waals surface area contributed by atoms with Gasteiger partial charge in [-0.05, 0) is 37.0 Å². The van der Waals surface area contributed by atoms with Crippen LogP contribution >= 0.6 is 0 Å². The zero-order valence-electron chi connectivity index (χ0n) is 12.1. The van der Waals surface area contributed by atoms with Crippen molar-refractivity contribution >= 4 is 26.6 Å². The van der Waals surface area contributed by atoms with Crippen molar-refractivity contribution < 1.29 is 21.9 Å².